The first-order valence-electron chi connectivity index (χ1n) is 8.67. The van der Waals surface area contributed by atoms with Gasteiger partial charge in [-0.2, -0.15) is 0 Å². The fraction of sp³-hybridized carbons (Fsp3) is 0.632. The Labute approximate surface area is 135 Å². The van der Waals surface area contributed by atoms with Crippen LogP contribution in [0.15, 0.2) is 30.3 Å². The zero-order valence-electron chi connectivity index (χ0n) is 14.2. The molecule has 2 amide bonds. The van der Waals surface area contributed by atoms with Gasteiger partial charge in [0.2, 0.25) is 0 Å². The van der Waals surface area contributed by atoms with Crippen LogP contribution in [-0.4, -0.2) is 30.6 Å². The largest absolute Gasteiger partial charge is 0.337 e. The number of nitrogens with zero attached hydrogens (tertiary/aromatic N) is 1. The summed E-state index contributed by atoms with van der Waals surface area (Å²) in [6.45, 7) is 5.18. The lowest BCUT2D eigenvalue weighted by molar-refractivity contribution is 0.160. The van der Waals surface area contributed by atoms with E-state index in [0.29, 0.717) is 18.5 Å². The normalized spacial score (nSPS) is 22.9. The van der Waals surface area contributed by atoms with Gasteiger partial charge in [-0.15, -0.1) is 0 Å². The number of benzene rings is 1. The standard InChI is InChI=1S/C19H30N2O/c1-4-16(17-10-6-5-7-11-17)14-20-19(22)21(3)18-12-8-9-15(2)13-18/h5-7,10-11,15-16,18H,4,8-9,12-14H2,1-3H3,(H,20,22). The fourth-order valence-electron chi connectivity index (χ4n) is 3.48. The predicted molar refractivity (Wildman–Crippen MR) is 92.1 cm³/mol. The maximum atomic E-state index is 12.4. The van der Waals surface area contributed by atoms with E-state index in [0.717, 1.165) is 25.2 Å². The fourth-order valence-corrected chi connectivity index (χ4v) is 3.48. The molecule has 3 unspecified atom stereocenters. The molecule has 1 saturated carbocycles. The Hall–Kier alpha value is -1.51. The van der Waals surface area contributed by atoms with E-state index in [2.05, 4.69) is 43.4 Å². The molecule has 1 fully saturated rings. The van der Waals surface area contributed by atoms with E-state index >= 15 is 0 Å². The number of nitrogens with one attached hydrogen (secondary N) is 1. The molecule has 0 saturated heterocycles. The van der Waals surface area contributed by atoms with Gasteiger partial charge in [0.25, 0.3) is 0 Å². The van der Waals surface area contributed by atoms with E-state index in [1.807, 2.05) is 18.0 Å². The molecule has 0 heterocycles. The zero-order chi connectivity index (χ0) is 15.9. The number of rotatable bonds is 5. The molecule has 0 spiro atoms. The summed E-state index contributed by atoms with van der Waals surface area (Å²) in [6.07, 6.45) is 5.86. The number of hydrogen-bond donors (Lipinski definition) is 1. The van der Waals surface area contributed by atoms with Gasteiger partial charge in [0.1, 0.15) is 0 Å². The zero-order valence-corrected chi connectivity index (χ0v) is 14.2. The molecule has 1 aliphatic rings. The molecular formula is C19H30N2O. The SMILES string of the molecule is CCC(CNC(=O)N(C)C1CCCC(C)C1)c1ccccc1. The molecule has 3 nitrogen and oxygen atoms in total. The Bertz CT molecular complexity index is 460. The van der Waals surface area contributed by atoms with Crippen LogP contribution in [0.2, 0.25) is 0 Å². The Kier molecular flexibility index (Phi) is 6.29. The first-order valence-corrected chi connectivity index (χ1v) is 8.67. The minimum Gasteiger partial charge on any atom is -0.337 e. The molecule has 1 aromatic rings. The second-order valence-corrected chi connectivity index (χ2v) is 6.74. The molecule has 2 rings (SSSR count). The summed E-state index contributed by atoms with van der Waals surface area (Å²) in [4.78, 5) is 14.3. The molecule has 1 aromatic carbocycles. The van der Waals surface area contributed by atoms with Crippen LogP contribution in [-0.2, 0) is 0 Å². The van der Waals surface area contributed by atoms with E-state index in [-0.39, 0.29) is 6.03 Å². The van der Waals surface area contributed by atoms with Crippen LogP contribution in [0.4, 0.5) is 4.79 Å². The van der Waals surface area contributed by atoms with Crippen LogP contribution in [0.25, 0.3) is 0 Å². The third-order valence-electron chi connectivity index (χ3n) is 5.04. The van der Waals surface area contributed by atoms with E-state index in [1.165, 1.54) is 18.4 Å². The second-order valence-electron chi connectivity index (χ2n) is 6.74. The maximum Gasteiger partial charge on any atom is 0.317 e. The highest BCUT2D eigenvalue weighted by molar-refractivity contribution is 5.74. The first kappa shape index (κ1) is 16.9. The Balaban J connectivity index is 1.85. The van der Waals surface area contributed by atoms with E-state index < -0.39 is 0 Å². The average Bonchev–Trinajstić information content (AvgIpc) is 2.55. The van der Waals surface area contributed by atoms with Crippen molar-refractivity contribution in [3.63, 3.8) is 0 Å². The van der Waals surface area contributed by atoms with Crippen molar-refractivity contribution in [3.8, 4) is 0 Å². The second kappa shape index (κ2) is 8.21. The van der Waals surface area contributed by atoms with Gasteiger partial charge in [-0.3, -0.25) is 0 Å². The summed E-state index contributed by atoms with van der Waals surface area (Å²) in [5.41, 5.74) is 1.30. The van der Waals surface area contributed by atoms with E-state index in [1.54, 1.807) is 0 Å². The first-order chi connectivity index (χ1) is 10.6. The number of urea groups is 1. The van der Waals surface area contributed by atoms with Crippen molar-refractivity contribution in [2.75, 3.05) is 13.6 Å². The van der Waals surface area contributed by atoms with E-state index in [4.69, 9.17) is 0 Å². The van der Waals surface area contributed by atoms with Gasteiger partial charge >= 0.3 is 6.03 Å². The van der Waals surface area contributed by atoms with Crippen molar-refractivity contribution in [2.45, 2.75) is 57.9 Å². The average molecular weight is 302 g/mol. The summed E-state index contributed by atoms with van der Waals surface area (Å²) >= 11 is 0. The number of carbonyl (C=O) groups excluding carboxylic acids is 1. The highest BCUT2D eigenvalue weighted by Crippen LogP contribution is 2.26. The van der Waals surface area contributed by atoms with Crippen molar-refractivity contribution < 1.29 is 4.79 Å². The molecule has 0 radical (unpaired) electrons. The molecule has 0 aliphatic heterocycles. The van der Waals surface area contributed by atoms with Gasteiger partial charge in [-0.05, 0) is 30.7 Å². The smallest absolute Gasteiger partial charge is 0.317 e. The van der Waals surface area contributed by atoms with E-state index in [9.17, 15) is 4.79 Å². The lowest BCUT2D eigenvalue weighted by atomic mass is 9.86. The van der Waals surface area contributed by atoms with Gasteiger partial charge in [-0.1, -0.05) is 57.0 Å². The predicted octanol–water partition coefficient (Wildman–Crippen LogP) is 4.40. The topological polar surface area (TPSA) is 32.3 Å². The molecular weight excluding hydrogens is 272 g/mol. The molecule has 122 valence electrons. The van der Waals surface area contributed by atoms with Gasteiger partial charge in [0, 0.05) is 25.6 Å². The van der Waals surface area contributed by atoms with Crippen LogP contribution in [0.3, 0.4) is 0 Å². The van der Waals surface area contributed by atoms with Gasteiger partial charge in [-0.25, -0.2) is 4.79 Å². The third-order valence-corrected chi connectivity index (χ3v) is 5.04. The van der Waals surface area contributed by atoms with Crippen LogP contribution in [0.5, 0.6) is 0 Å². The van der Waals surface area contributed by atoms with Gasteiger partial charge in [0.15, 0.2) is 0 Å². The Morgan fingerprint density at radius 3 is 2.68 bits per heavy atom. The van der Waals surface area contributed by atoms with Crippen LogP contribution >= 0.6 is 0 Å². The molecule has 22 heavy (non-hydrogen) atoms. The van der Waals surface area contributed by atoms with Crippen molar-refractivity contribution in [3.05, 3.63) is 35.9 Å². The minimum absolute atomic E-state index is 0.0773. The van der Waals surface area contributed by atoms with Crippen LogP contribution < -0.4 is 5.32 Å². The van der Waals surface area contributed by atoms with Crippen LogP contribution in [0, 0.1) is 5.92 Å². The van der Waals surface area contributed by atoms with Crippen molar-refractivity contribution in [1.82, 2.24) is 10.2 Å². The number of hydrogen-bond acceptors (Lipinski definition) is 1. The molecule has 0 bridgehead atoms. The summed E-state index contributed by atoms with van der Waals surface area (Å²) < 4.78 is 0. The number of amides is 2. The molecule has 1 aliphatic carbocycles. The molecule has 1 N–H and O–H groups in total. The third kappa shape index (κ3) is 4.49. The van der Waals surface area contributed by atoms with Crippen molar-refractivity contribution in [2.24, 2.45) is 5.92 Å². The van der Waals surface area contributed by atoms with Crippen molar-refractivity contribution in [1.29, 1.82) is 0 Å². The highest BCUT2D eigenvalue weighted by Gasteiger charge is 2.25. The summed E-state index contributed by atoms with van der Waals surface area (Å²) in [5, 5.41) is 3.13. The lowest BCUT2D eigenvalue weighted by Crippen LogP contribution is -2.46. The molecule has 3 heteroatoms. The monoisotopic (exact) mass is 302 g/mol. The molecule has 3 atom stereocenters. The lowest BCUT2D eigenvalue weighted by Gasteiger charge is -2.34. The van der Waals surface area contributed by atoms with Crippen LogP contribution in [0.1, 0.15) is 57.4 Å². The summed E-state index contributed by atoms with van der Waals surface area (Å²) in [7, 11) is 1.95. The van der Waals surface area contributed by atoms with Crippen molar-refractivity contribution >= 4 is 6.03 Å². The minimum atomic E-state index is 0.0773. The maximum absolute atomic E-state index is 12.4. The van der Waals surface area contributed by atoms with Gasteiger partial charge < -0.3 is 10.2 Å². The summed E-state index contributed by atoms with van der Waals surface area (Å²) in [5.74, 6) is 1.13. The molecule has 0 aromatic heterocycles. The number of carbonyl (C=O) groups is 1. The quantitative estimate of drug-likeness (QED) is 0.859. The summed E-state index contributed by atoms with van der Waals surface area (Å²) in [6, 6.07) is 10.9. The van der Waals surface area contributed by atoms with Gasteiger partial charge in [0.05, 0.1) is 0 Å². The highest BCUT2D eigenvalue weighted by atomic mass is 16.2. The Morgan fingerprint density at radius 2 is 2.05 bits per heavy atom. The Morgan fingerprint density at radius 1 is 1.32 bits per heavy atom.